The van der Waals surface area contributed by atoms with Gasteiger partial charge in [-0.3, -0.25) is 9.78 Å². The first-order chi connectivity index (χ1) is 9.06. The fourth-order valence-corrected chi connectivity index (χ4v) is 1.58. The molecule has 2 rings (SSSR count). The lowest BCUT2D eigenvalue weighted by Crippen LogP contribution is -2.15. The largest absolute Gasteiger partial charge is 0.288 e. The van der Waals surface area contributed by atoms with Crippen LogP contribution in [0.4, 0.5) is 5.95 Å². The molecule has 0 fully saturated rings. The lowest BCUT2D eigenvalue weighted by atomic mass is 10.1. The average molecular weight is 257 g/mol. The van der Waals surface area contributed by atoms with Gasteiger partial charge in [-0.25, -0.2) is 5.43 Å². The number of nitrogens with zero attached hydrogens (tertiary/aromatic N) is 3. The zero-order valence-electron chi connectivity index (χ0n) is 11.1. The van der Waals surface area contributed by atoms with E-state index in [1.165, 1.54) is 5.56 Å². The van der Waals surface area contributed by atoms with E-state index in [0.29, 0.717) is 5.69 Å². The van der Waals surface area contributed by atoms with E-state index in [1.807, 2.05) is 26.0 Å². The summed E-state index contributed by atoms with van der Waals surface area (Å²) in [4.78, 5) is 13.8. The van der Waals surface area contributed by atoms with Crippen LogP contribution in [0.25, 0.3) is 0 Å². The van der Waals surface area contributed by atoms with Crippen molar-refractivity contribution in [2.45, 2.75) is 20.8 Å². The summed E-state index contributed by atoms with van der Waals surface area (Å²) in [6, 6.07) is 6.08. The molecule has 2 N–H and O–H groups in total. The third-order valence-electron chi connectivity index (χ3n) is 2.66. The normalized spacial score (nSPS) is 10.9. The van der Waals surface area contributed by atoms with Gasteiger partial charge in [0.2, 0.25) is 5.95 Å². The molecule has 0 saturated carbocycles. The first kappa shape index (κ1) is 12.9. The molecule has 0 unspecified atom stereocenters. The standard InChI is InChI=1S/C13H15N5O/c1-8-4-5-11(9(2)6-8)7-14-17-13-15-12(19)10(3)16-18-13/h4-7H,1-3H3,(H2,15,17,18,19)/b14-7+. The van der Waals surface area contributed by atoms with Gasteiger partial charge in [-0.2, -0.15) is 5.10 Å². The van der Waals surface area contributed by atoms with E-state index in [9.17, 15) is 4.79 Å². The Kier molecular flexibility index (Phi) is 3.70. The molecular weight excluding hydrogens is 242 g/mol. The van der Waals surface area contributed by atoms with E-state index in [1.54, 1.807) is 13.1 Å². The van der Waals surface area contributed by atoms with E-state index in [2.05, 4.69) is 31.8 Å². The van der Waals surface area contributed by atoms with Crippen molar-refractivity contribution in [1.29, 1.82) is 0 Å². The molecule has 2 aromatic rings. The van der Waals surface area contributed by atoms with Crippen LogP contribution in [-0.4, -0.2) is 21.4 Å². The van der Waals surface area contributed by atoms with Crippen molar-refractivity contribution < 1.29 is 0 Å². The molecule has 0 amide bonds. The maximum Gasteiger partial charge on any atom is 0.274 e. The molecule has 0 aliphatic rings. The minimum atomic E-state index is -0.279. The smallest absolute Gasteiger partial charge is 0.274 e. The number of aromatic nitrogens is 3. The second-order valence-electron chi connectivity index (χ2n) is 4.32. The fraction of sp³-hybridized carbons (Fsp3) is 0.231. The number of aromatic amines is 1. The molecule has 98 valence electrons. The number of hydrazone groups is 1. The number of nitrogens with one attached hydrogen (secondary N) is 2. The van der Waals surface area contributed by atoms with Gasteiger partial charge in [0.1, 0.15) is 5.69 Å². The van der Waals surface area contributed by atoms with E-state index in [-0.39, 0.29) is 11.5 Å². The van der Waals surface area contributed by atoms with Crippen molar-refractivity contribution in [1.82, 2.24) is 15.2 Å². The van der Waals surface area contributed by atoms with Crippen molar-refractivity contribution in [3.63, 3.8) is 0 Å². The molecule has 19 heavy (non-hydrogen) atoms. The van der Waals surface area contributed by atoms with Gasteiger partial charge in [-0.15, -0.1) is 10.2 Å². The molecule has 0 radical (unpaired) electrons. The second kappa shape index (κ2) is 5.43. The van der Waals surface area contributed by atoms with Gasteiger partial charge in [0, 0.05) is 0 Å². The van der Waals surface area contributed by atoms with Crippen molar-refractivity contribution in [2.75, 3.05) is 5.43 Å². The second-order valence-corrected chi connectivity index (χ2v) is 4.32. The van der Waals surface area contributed by atoms with Crippen molar-refractivity contribution in [3.05, 3.63) is 50.9 Å². The van der Waals surface area contributed by atoms with Crippen molar-refractivity contribution >= 4 is 12.2 Å². The minimum absolute atomic E-state index is 0.219. The Labute approximate surface area is 110 Å². The Hall–Kier alpha value is -2.50. The van der Waals surface area contributed by atoms with Crippen molar-refractivity contribution in [2.24, 2.45) is 5.10 Å². The van der Waals surface area contributed by atoms with Crippen LogP contribution in [0.5, 0.6) is 0 Å². The Balaban J connectivity index is 2.11. The highest BCUT2D eigenvalue weighted by Crippen LogP contribution is 2.08. The molecular formula is C13H15N5O. The molecule has 0 saturated heterocycles. The van der Waals surface area contributed by atoms with E-state index < -0.39 is 0 Å². The van der Waals surface area contributed by atoms with Gasteiger partial charge in [0.15, 0.2) is 0 Å². The van der Waals surface area contributed by atoms with Gasteiger partial charge >= 0.3 is 0 Å². The van der Waals surface area contributed by atoms with Crippen LogP contribution in [-0.2, 0) is 0 Å². The summed E-state index contributed by atoms with van der Waals surface area (Å²) in [7, 11) is 0. The zero-order chi connectivity index (χ0) is 13.8. The van der Waals surface area contributed by atoms with Crippen LogP contribution >= 0.6 is 0 Å². The molecule has 0 aliphatic heterocycles. The number of anilines is 1. The van der Waals surface area contributed by atoms with Gasteiger partial charge in [0.05, 0.1) is 6.21 Å². The Morgan fingerprint density at radius 2 is 2.05 bits per heavy atom. The van der Waals surface area contributed by atoms with E-state index in [0.717, 1.165) is 11.1 Å². The molecule has 0 aliphatic carbocycles. The summed E-state index contributed by atoms with van der Waals surface area (Å²) in [6.07, 6.45) is 1.68. The number of hydrogen-bond donors (Lipinski definition) is 2. The molecule has 1 aromatic carbocycles. The summed E-state index contributed by atoms with van der Waals surface area (Å²) in [5.74, 6) is 0.219. The maximum atomic E-state index is 11.3. The predicted octanol–water partition coefficient (Wildman–Crippen LogP) is 1.54. The zero-order valence-corrected chi connectivity index (χ0v) is 11.1. The molecule has 1 heterocycles. The highest BCUT2D eigenvalue weighted by Gasteiger charge is 1.98. The van der Waals surface area contributed by atoms with Crippen molar-refractivity contribution in [3.8, 4) is 0 Å². The molecule has 6 nitrogen and oxygen atoms in total. The summed E-state index contributed by atoms with van der Waals surface area (Å²) >= 11 is 0. The van der Waals surface area contributed by atoms with E-state index >= 15 is 0 Å². The van der Waals surface area contributed by atoms with Crippen LogP contribution in [0.1, 0.15) is 22.4 Å². The number of benzene rings is 1. The summed E-state index contributed by atoms with van der Waals surface area (Å²) in [5.41, 5.74) is 6.03. The lowest BCUT2D eigenvalue weighted by molar-refractivity contribution is 0.897. The SMILES string of the molecule is Cc1ccc(/C=N/Nc2nnc(C)c(=O)[nH]2)c(C)c1. The number of hydrogen-bond acceptors (Lipinski definition) is 5. The van der Waals surface area contributed by atoms with Gasteiger partial charge < -0.3 is 0 Å². The number of H-pyrrole nitrogens is 1. The number of rotatable bonds is 3. The van der Waals surface area contributed by atoms with Crippen LogP contribution in [0.15, 0.2) is 28.1 Å². The van der Waals surface area contributed by atoms with Gasteiger partial charge in [0.25, 0.3) is 5.56 Å². The van der Waals surface area contributed by atoms with Crippen LogP contribution in [0.3, 0.4) is 0 Å². The quantitative estimate of drug-likeness (QED) is 0.645. The Bertz CT molecular complexity index is 675. The summed E-state index contributed by atoms with van der Waals surface area (Å²) < 4.78 is 0. The predicted molar refractivity (Wildman–Crippen MR) is 74.5 cm³/mol. The first-order valence-corrected chi connectivity index (χ1v) is 5.86. The third-order valence-corrected chi connectivity index (χ3v) is 2.66. The summed E-state index contributed by atoms with van der Waals surface area (Å²) in [6.45, 7) is 5.65. The fourth-order valence-electron chi connectivity index (χ4n) is 1.58. The molecule has 0 atom stereocenters. The Morgan fingerprint density at radius 1 is 1.26 bits per heavy atom. The van der Waals surface area contributed by atoms with Crippen LogP contribution in [0, 0.1) is 20.8 Å². The average Bonchev–Trinajstić information content (AvgIpc) is 2.36. The lowest BCUT2D eigenvalue weighted by Gasteiger charge is -2.01. The Morgan fingerprint density at radius 3 is 2.74 bits per heavy atom. The van der Waals surface area contributed by atoms with Crippen LogP contribution < -0.4 is 11.0 Å². The molecule has 1 aromatic heterocycles. The van der Waals surface area contributed by atoms with Gasteiger partial charge in [-0.1, -0.05) is 23.8 Å². The summed E-state index contributed by atoms with van der Waals surface area (Å²) in [5, 5.41) is 11.5. The minimum Gasteiger partial charge on any atom is -0.288 e. The number of aryl methyl sites for hydroxylation is 3. The monoisotopic (exact) mass is 257 g/mol. The maximum absolute atomic E-state index is 11.3. The highest BCUT2D eigenvalue weighted by molar-refractivity contribution is 5.82. The third kappa shape index (κ3) is 3.25. The van der Waals surface area contributed by atoms with E-state index in [4.69, 9.17) is 0 Å². The topological polar surface area (TPSA) is 83.0 Å². The van der Waals surface area contributed by atoms with Gasteiger partial charge in [-0.05, 0) is 31.9 Å². The molecule has 6 heteroatoms. The van der Waals surface area contributed by atoms with Crippen LogP contribution in [0.2, 0.25) is 0 Å². The molecule has 0 spiro atoms. The first-order valence-electron chi connectivity index (χ1n) is 5.86. The highest BCUT2D eigenvalue weighted by atomic mass is 16.1. The molecule has 0 bridgehead atoms.